The van der Waals surface area contributed by atoms with E-state index in [1.165, 1.54) is 34.2 Å². The van der Waals surface area contributed by atoms with Crippen LogP contribution in [0.5, 0.6) is 0 Å². The normalized spacial score (nSPS) is 15.5. The molecule has 15 nitrogen and oxygen atoms in total. The zero-order valence-electron chi connectivity index (χ0n) is 43.9. The third kappa shape index (κ3) is 11.9. The first-order chi connectivity index (χ1) is 36.5. The Hall–Kier alpha value is -7.15. The van der Waals surface area contributed by atoms with Gasteiger partial charge in [0.05, 0.1) is 28.0 Å². The Balaban J connectivity index is 0.000000188. The predicted octanol–water partition coefficient (Wildman–Crippen LogP) is 11.9. The maximum atomic E-state index is 13.9. The number of aryl methyl sites for hydroxylation is 2. The predicted molar refractivity (Wildman–Crippen MR) is 283 cm³/mol. The number of pyridine rings is 2. The van der Waals surface area contributed by atoms with Crippen molar-refractivity contribution in [2.24, 2.45) is 10.8 Å². The lowest BCUT2D eigenvalue weighted by Crippen LogP contribution is -2.26. The average molecular weight is 1120 g/mol. The Morgan fingerprint density at radius 1 is 0.636 bits per heavy atom. The molecule has 0 aliphatic heterocycles. The molecule has 0 spiro atoms. The van der Waals surface area contributed by atoms with Gasteiger partial charge in [-0.3, -0.25) is 0 Å². The summed E-state index contributed by atoms with van der Waals surface area (Å²) in [6.07, 6.45) is 3.20. The zero-order valence-corrected chi connectivity index (χ0v) is 45.4. The van der Waals surface area contributed by atoms with Crippen LogP contribution < -0.4 is 10.6 Å². The number of anilines is 2. The number of hydrogen-bond donors (Lipinski definition) is 2. The van der Waals surface area contributed by atoms with Gasteiger partial charge in [-0.15, -0.1) is 10.2 Å². The lowest BCUT2D eigenvalue weighted by Gasteiger charge is -2.21. The van der Waals surface area contributed by atoms with Crippen molar-refractivity contribution >= 4 is 49.4 Å². The van der Waals surface area contributed by atoms with Gasteiger partial charge in [-0.05, 0) is 138 Å². The Morgan fingerprint density at radius 2 is 1.06 bits per heavy atom. The summed E-state index contributed by atoms with van der Waals surface area (Å²) in [5.74, 6) is -0.712. The molecule has 6 aromatic heterocycles. The number of aromatic nitrogens is 12. The highest BCUT2D eigenvalue weighted by Crippen LogP contribution is 2.49. The quantitative estimate of drug-likeness (QED) is 0.0688. The molecule has 0 radical (unpaired) electrons. The summed E-state index contributed by atoms with van der Waals surface area (Å²) in [5.41, 5.74) is 4.25. The third-order valence-corrected chi connectivity index (χ3v) is 14.6. The maximum absolute atomic E-state index is 13.9. The number of benzene rings is 2. The van der Waals surface area contributed by atoms with E-state index in [0.29, 0.717) is 95.7 Å². The second-order valence-corrected chi connectivity index (χ2v) is 23.4. The van der Waals surface area contributed by atoms with E-state index in [0.717, 1.165) is 44.4 Å². The van der Waals surface area contributed by atoms with Gasteiger partial charge in [0.25, 0.3) is 12.9 Å². The first kappa shape index (κ1) is 54.6. The molecule has 2 aliphatic rings. The zero-order chi connectivity index (χ0) is 55.2. The highest BCUT2D eigenvalue weighted by molar-refractivity contribution is 9.10. The number of fused-ring (bicyclic) bond motifs is 2. The fourth-order valence-electron chi connectivity index (χ4n) is 9.41. The first-order valence-corrected chi connectivity index (χ1v) is 26.0. The molecule has 2 N–H and O–H groups in total. The Kier molecular flexibility index (Phi) is 15.1. The van der Waals surface area contributed by atoms with Gasteiger partial charge in [0.1, 0.15) is 41.4 Å². The van der Waals surface area contributed by atoms with Crippen LogP contribution in [0.25, 0.3) is 21.8 Å². The van der Waals surface area contributed by atoms with Crippen molar-refractivity contribution < 1.29 is 26.3 Å². The maximum Gasteiger partial charge on any atom is 0.263 e. The lowest BCUT2D eigenvalue weighted by atomic mass is 9.87. The van der Waals surface area contributed by atoms with E-state index >= 15 is 0 Å². The van der Waals surface area contributed by atoms with Gasteiger partial charge in [0, 0.05) is 64.0 Å². The Labute approximate surface area is 449 Å². The van der Waals surface area contributed by atoms with Crippen LogP contribution in [0.1, 0.15) is 130 Å². The molecule has 0 saturated heterocycles. The van der Waals surface area contributed by atoms with Crippen molar-refractivity contribution in [3.63, 3.8) is 0 Å². The Morgan fingerprint density at radius 3 is 1.47 bits per heavy atom. The lowest BCUT2D eigenvalue weighted by molar-refractivity contribution is 0.0590. The van der Waals surface area contributed by atoms with Crippen LogP contribution in [0.15, 0.2) is 78.1 Å². The minimum atomic E-state index is -2.56. The van der Waals surface area contributed by atoms with E-state index in [1.54, 1.807) is 44.4 Å². The molecule has 77 heavy (non-hydrogen) atoms. The highest BCUT2D eigenvalue weighted by atomic mass is 79.9. The van der Waals surface area contributed by atoms with Gasteiger partial charge in [-0.25, -0.2) is 56.8 Å². The van der Waals surface area contributed by atoms with Gasteiger partial charge in [0.15, 0.2) is 0 Å². The topological polar surface area (TPSA) is 187 Å². The van der Waals surface area contributed by atoms with Crippen LogP contribution in [0.3, 0.4) is 0 Å². The molecule has 0 bridgehead atoms. The fourth-order valence-corrected chi connectivity index (χ4v) is 10.0. The van der Waals surface area contributed by atoms with E-state index in [-0.39, 0.29) is 16.7 Å². The van der Waals surface area contributed by atoms with E-state index in [1.807, 2.05) is 18.2 Å². The molecule has 0 unspecified atom stereocenters. The summed E-state index contributed by atoms with van der Waals surface area (Å²) in [4.78, 5) is 25.7. The summed E-state index contributed by atoms with van der Waals surface area (Å²) in [5, 5.41) is 35.0. The molecule has 2 atom stereocenters. The summed E-state index contributed by atoms with van der Waals surface area (Å²) in [7, 11) is 0. The summed E-state index contributed by atoms with van der Waals surface area (Å²) >= 11 is 3.66. The van der Waals surface area contributed by atoms with Gasteiger partial charge >= 0.3 is 0 Å². The summed E-state index contributed by atoms with van der Waals surface area (Å²) in [6.45, 7) is 17.5. The van der Waals surface area contributed by atoms with Crippen LogP contribution >= 0.6 is 15.9 Å². The summed E-state index contributed by atoms with van der Waals surface area (Å²) < 4.78 is 86.2. The minimum Gasteiger partial charge on any atom is -0.369 e. The van der Waals surface area contributed by atoms with Crippen LogP contribution in [-0.2, 0) is 23.9 Å². The van der Waals surface area contributed by atoms with E-state index in [2.05, 4.69) is 125 Å². The molecule has 22 heteroatoms. The highest BCUT2D eigenvalue weighted by Gasteiger charge is 2.55. The third-order valence-electron chi connectivity index (χ3n) is 14.0. The second-order valence-electron chi connectivity index (χ2n) is 22.5. The molecule has 6 heterocycles. The van der Waals surface area contributed by atoms with E-state index in [9.17, 15) is 31.6 Å². The number of nitrogens with one attached hydrogen (secondary N) is 2. The molecule has 8 aromatic rings. The number of halogens is 7. The number of nitriles is 1. The number of alkyl halides is 4. The molecule has 0 amide bonds. The molecule has 2 saturated carbocycles. The van der Waals surface area contributed by atoms with Crippen molar-refractivity contribution in [3.05, 3.63) is 141 Å². The average Bonchev–Trinajstić information content (AvgIpc) is 4.40. The summed E-state index contributed by atoms with van der Waals surface area (Å²) in [6, 6.07) is 15.8. The Bertz CT molecular complexity index is 3500. The van der Waals surface area contributed by atoms with E-state index in [4.69, 9.17) is 0 Å². The van der Waals surface area contributed by atoms with E-state index < -0.39 is 41.7 Å². The van der Waals surface area contributed by atoms with Gasteiger partial charge < -0.3 is 10.6 Å². The molecule has 2 fully saturated rings. The number of rotatable bonds is 16. The van der Waals surface area contributed by atoms with Gasteiger partial charge in [-0.2, -0.15) is 14.0 Å². The monoisotopic (exact) mass is 1120 g/mol. The second kappa shape index (κ2) is 21.3. The van der Waals surface area contributed by atoms with Gasteiger partial charge in [-0.1, -0.05) is 64.1 Å². The van der Waals surface area contributed by atoms with Gasteiger partial charge in [0.2, 0.25) is 11.9 Å². The molecule has 10 rings (SSSR count). The van der Waals surface area contributed by atoms with Crippen molar-refractivity contribution in [1.82, 2.24) is 59.9 Å². The minimum absolute atomic E-state index is 0.00583. The molecular formula is C55H58BrF6N15. The van der Waals surface area contributed by atoms with Crippen LogP contribution in [0.4, 0.5) is 38.0 Å². The molecule has 402 valence electrons. The van der Waals surface area contributed by atoms with Crippen molar-refractivity contribution in [2.75, 3.05) is 23.7 Å². The first-order valence-electron chi connectivity index (χ1n) is 25.2. The van der Waals surface area contributed by atoms with Crippen LogP contribution in [0, 0.1) is 47.9 Å². The number of nitrogens with zero attached hydrogens (tertiary/aromatic N) is 13. The standard InChI is InChI=1S/C28H29F3N8.C27H29BrF3N7/c1-16-19(5-6-23(29)36-16)20(22-13-39(38-37-22)28(7-8-28)26(30)31)10-17-9-18(12-32)24-21(11-17)25(35-15-34-24)33-14-27(2,3)4;1-15-17(5-6-22(29)35-15)18(21-12-38(37-36-21)27(7-8-27)25(30)31)9-16-10-19-23(20(28)11-16)33-14-34-24(19)32-13-26(2,3)4/h5-6,9,11,13,15,20,26H,7-8,10,14H2,1-4H3,(H,33,34,35);5-6,10-12,14,18,25H,7-9,13H2,1-4H3,(H,32,33,34)/t20-;18-/m00/s1. The molecule has 2 aliphatic carbocycles. The number of hydrogen-bond acceptors (Lipinski definition) is 13. The largest absolute Gasteiger partial charge is 0.369 e. The fraction of sp³-hybridized carbons (Fsp3) is 0.436. The van der Waals surface area contributed by atoms with Crippen LogP contribution in [-0.4, -0.2) is 85.8 Å². The van der Waals surface area contributed by atoms with Crippen LogP contribution in [0.2, 0.25) is 0 Å². The smallest absolute Gasteiger partial charge is 0.263 e. The van der Waals surface area contributed by atoms with Crippen molar-refractivity contribution in [1.29, 1.82) is 5.26 Å². The molecular weight excluding hydrogens is 1060 g/mol. The van der Waals surface area contributed by atoms with Crippen molar-refractivity contribution in [2.45, 2.75) is 130 Å². The SMILES string of the molecule is Cc1nc(F)ccc1[C@H](Cc1cc(Br)c2ncnc(NCC(C)(C)C)c2c1)c1cn(C2(C(F)F)CC2)nn1.Cc1nc(F)ccc1[C@H](Cc1cc(C#N)c2ncnc(NCC(C)(C)C)c2c1)c1cn(C2(C(F)F)CC2)nn1. The van der Waals surface area contributed by atoms with Crippen molar-refractivity contribution in [3.8, 4) is 6.07 Å². The molecule has 2 aromatic carbocycles.